The van der Waals surface area contributed by atoms with Gasteiger partial charge >= 0.3 is 0 Å². The van der Waals surface area contributed by atoms with Gasteiger partial charge < -0.3 is 9.22 Å². The molecule has 0 atom stereocenters. The lowest BCUT2D eigenvalue weighted by Gasteiger charge is -2.36. The van der Waals surface area contributed by atoms with Crippen LogP contribution < -0.4 is 4.74 Å². The van der Waals surface area contributed by atoms with E-state index in [0.29, 0.717) is 33.7 Å². The molecule has 4 rings (SSSR count). The number of halogens is 4. The zero-order valence-corrected chi connectivity index (χ0v) is 26.6. The summed E-state index contributed by atoms with van der Waals surface area (Å²) in [4.78, 5) is 4.67. The molecule has 0 saturated carbocycles. The van der Waals surface area contributed by atoms with Crippen LogP contribution in [0.2, 0.25) is 5.02 Å². The molecule has 1 aromatic heterocycles. The molecule has 0 aliphatic carbocycles. The van der Waals surface area contributed by atoms with E-state index in [1.807, 2.05) is 30.5 Å². The van der Waals surface area contributed by atoms with Crippen molar-refractivity contribution in [1.82, 2.24) is 9.55 Å². The van der Waals surface area contributed by atoms with Crippen molar-refractivity contribution in [2.24, 2.45) is 0 Å². The lowest BCUT2D eigenvalue weighted by Crippen LogP contribution is -2.46. The molecule has 0 aliphatic heterocycles. The average molecular weight is 617 g/mol. The zero-order chi connectivity index (χ0) is 30.7. The Morgan fingerprint density at radius 2 is 1.55 bits per heavy atom. The van der Waals surface area contributed by atoms with Crippen molar-refractivity contribution in [3.8, 4) is 11.4 Å². The zero-order valence-electron chi connectivity index (χ0n) is 25.0. The summed E-state index contributed by atoms with van der Waals surface area (Å²) in [6, 6.07) is 14.6. The fourth-order valence-corrected chi connectivity index (χ4v) is 6.53. The van der Waals surface area contributed by atoms with Gasteiger partial charge in [-0.1, -0.05) is 43.3 Å². The van der Waals surface area contributed by atoms with E-state index in [0.717, 1.165) is 35.4 Å². The van der Waals surface area contributed by atoms with E-state index in [9.17, 15) is 4.39 Å². The highest BCUT2D eigenvalue weighted by Gasteiger charge is 2.31. The molecule has 0 fully saturated rings. The van der Waals surface area contributed by atoms with Crippen LogP contribution in [0.1, 0.15) is 57.0 Å². The molecule has 42 heavy (non-hydrogen) atoms. The summed E-state index contributed by atoms with van der Waals surface area (Å²) in [6.45, 7) is 13.6. The summed E-state index contributed by atoms with van der Waals surface area (Å²) < 4.78 is 52.7. The summed E-state index contributed by atoms with van der Waals surface area (Å²) in [5.41, 5.74) is 2.49. The molecule has 224 valence electrons. The number of imidazole rings is 1. The van der Waals surface area contributed by atoms with Crippen LogP contribution in [0.15, 0.2) is 66.0 Å². The van der Waals surface area contributed by atoms with Crippen LogP contribution in [0, 0.1) is 17.5 Å². The van der Waals surface area contributed by atoms with Crippen LogP contribution in [0.5, 0.6) is 5.75 Å². The molecule has 0 N–H and O–H groups in total. The van der Waals surface area contributed by atoms with Gasteiger partial charge in [0.1, 0.15) is 29.7 Å². The summed E-state index contributed by atoms with van der Waals surface area (Å²) in [5, 5.41) is 1.03. The van der Waals surface area contributed by atoms with Crippen molar-refractivity contribution in [3.63, 3.8) is 0 Å². The summed E-state index contributed by atoms with van der Waals surface area (Å²) in [7, 11) is 1.56. The number of methoxy groups -OCH3 is 1. The van der Waals surface area contributed by atoms with E-state index in [4.69, 9.17) is 16.3 Å². The van der Waals surface area contributed by atoms with Gasteiger partial charge in [-0.15, -0.1) is 0 Å². The van der Waals surface area contributed by atoms with E-state index in [-0.39, 0.29) is 17.1 Å². The van der Waals surface area contributed by atoms with Crippen molar-refractivity contribution in [2.75, 3.05) is 26.7 Å². The molecular formula is C33H38ClF3N3OS+. The monoisotopic (exact) mass is 616 g/mol. The number of rotatable bonds is 12. The molecule has 3 aromatic carbocycles. The SMILES string of the molecule is CC[N+](CC)(CC)Cc1cc(F)c(CSc2ncc(C(C)(C)c3ccc(Cl)c(OC)c3)n2-c2ccc(F)cc2)c(F)c1. The van der Waals surface area contributed by atoms with Crippen LogP contribution in [0.4, 0.5) is 13.2 Å². The molecule has 0 saturated heterocycles. The van der Waals surface area contributed by atoms with E-state index in [1.54, 1.807) is 31.5 Å². The highest BCUT2D eigenvalue weighted by Crippen LogP contribution is 2.39. The van der Waals surface area contributed by atoms with Gasteiger partial charge in [-0.05, 0) is 74.9 Å². The topological polar surface area (TPSA) is 27.1 Å². The second-order valence-corrected chi connectivity index (χ2v) is 12.3. The Hall–Kier alpha value is -2.94. The average Bonchev–Trinajstić information content (AvgIpc) is 3.41. The van der Waals surface area contributed by atoms with Crippen molar-refractivity contribution in [3.05, 3.63) is 106 Å². The first kappa shape index (κ1) is 32.0. The summed E-state index contributed by atoms with van der Waals surface area (Å²) >= 11 is 7.51. The number of aromatic nitrogens is 2. The number of hydrogen-bond donors (Lipinski definition) is 0. The molecule has 0 bridgehead atoms. The maximum Gasteiger partial charge on any atom is 0.173 e. The maximum absolute atomic E-state index is 15.3. The van der Waals surface area contributed by atoms with Crippen LogP contribution in [-0.2, 0) is 17.7 Å². The number of thioether (sulfide) groups is 1. The fourth-order valence-electron chi connectivity index (χ4n) is 5.33. The van der Waals surface area contributed by atoms with Crippen molar-refractivity contribution >= 4 is 23.4 Å². The van der Waals surface area contributed by atoms with Crippen LogP contribution in [0.3, 0.4) is 0 Å². The Morgan fingerprint density at radius 1 is 0.929 bits per heavy atom. The number of hydrogen-bond acceptors (Lipinski definition) is 3. The lowest BCUT2D eigenvalue weighted by molar-refractivity contribution is -0.936. The smallest absolute Gasteiger partial charge is 0.173 e. The number of quaternary nitrogens is 1. The Balaban J connectivity index is 1.70. The minimum Gasteiger partial charge on any atom is -0.495 e. The molecule has 0 amide bonds. The molecular weight excluding hydrogens is 579 g/mol. The molecule has 0 spiro atoms. The standard InChI is InChI=1S/C33H38ClF3N3OS/c1-7-40(8-2,9-3)20-22-16-28(36)26(29(37)17-22)21-42-32-38-19-31(39(32)25-13-11-24(35)12-14-25)33(4,5)23-10-15-27(34)30(18-23)41-6/h10-19H,7-9,20-21H2,1-6H3/q+1. The maximum atomic E-state index is 15.3. The predicted octanol–water partition coefficient (Wildman–Crippen LogP) is 8.95. The fraction of sp³-hybridized carbons (Fsp3) is 0.364. The van der Waals surface area contributed by atoms with Gasteiger partial charge in [0.25, 0.3) is 0 Å². The quantitative estimate of drug-likeness (QED) is 0.117. The highest BCUT2D eigenvalue weighted by molar-refractivity contribution is 7.98. The third-order valence-corrected chi connectivity index (χ3v) is 9.70. The normalized spacial score (nSPS) is 12.1. The van der Waals surface area contributed by atoms with Gasteiger partial charge in [-0.25, -0.2) is 18.2 Å². The highest BCUT2D eigenvalue weighted by atomic mass is 35.5. The Kier molecular flexibility index (Phi) is 10.0. The van der Waals surface area contributed by atoms with E-state index in [2.05, 4.69) is 25.8 Å². The number of benzene rings is 3. The van der Waals surface area contributed by atoms with Gasteiger partial charge in [-0.2, -0.15) is 0 Å². The summed E-state index contributed by atoms with van der Waals surface area (Å²) in [6.07, 6.45) is 1.75. The van der Waals surface area contributed by atoms with Crippen LogP contribution >= 0.6 is 23.4 Å². The van der Waals surface area contributed by atoms with E-state index in [1.165, 1.54) is 36.0 Å². The van der Waals surface area contributed by atoms with Gasteiger partial charge in [0, 0.05) is 28.0 Å². The first-order valence-corrected chi connectivity index (χ1v) is 15.5. The minimum atomic E-state index is -0.585. The van der Waals surface area contributed by atoms with E-state index < -0.39 is 17.0 Å². The Labute approximate surface area is 256 Å². The Bertz CT molecular complexity index is 1500. The molecule has 4 aromatic rings. The van der Waals surface area contributed by atoms with Gasteiger partial charge in [0.2, 0.25) is 0 Å². The number of nitrogens with zero attached hydrogens (tertiary/aromatic N) is 3. The van der Waals surface area contributed by atoms with Gasteiger partial charge in [-0.3, -0.25) is 4.57 Å². The Morgan fingerprint density at radius 3 is 2.12 bits per heavy atom. The van der Waals surface area contributed by atoms with Crippen molar-refractivity contribution in [1.29, 1.82) is 0 Å². The minimum absolute atomic E-state index is 0.00301. The van der Waals surface area contributed by atoms with Crippen LogP contribution in [0.25, 0.3) is 5.69 Å². The van der Waals surface area contributed by atoms with Gasteiger partial charge in [0.05, 0.1) is 43.7 Å². The first-order chi connectivity index (χ1) is 20.0. The van der Waals surface area contributed by atoms with Crippen molar-refractivity contribution in [2.45, 2.75) is 57.5 Å². The first-order valence-electron chi connectivity index (χ1n) is 14.1. The van der Waals surface area contributed by atoms with Crippen LogP contribution in [-0.4, -0.2) is 40.8 Å². The third-order valence-electron chi connectivity index (χ3n) is 8.40. The largest absolute Gasteiger partial charge is 0.495 e. The molecule has 0 aliphatic rings. The van der Waals surface area contributed by atoms with E-state index >= 15 is 8.78 Å². The lowest BCUT2D eigenvalue weighted by atomic mass is 9.81. The predicted molar refractivity (Wildman–Crippen MR) is 165 cm³/mol. The molecule has 0 radical (unpaired) electrons. The van der Waals surface area contributed by atoms with Gasteiger partial charge in [0.15, 0.2) is 5.16 Å². The number of ether oxygens (including phenoxy) is 1. The molecule has 9 heteroatoms. The second-order valence-electron chi connectivity index (χ2n) is 11.0. The molecule has 0 unspecified atom stereocenters. The molecule has 4 nitrogen and oxygen atoms in total. The summed E-state index contributed by atoms with van der Waals surface area (Å²) in [5.74, 6) is -0.898. The van der Waals surface area contributed by atoms with Crippen molar-refractivity contribution < 1.29 is 22.4 Å². The molecule has 1 heterocycles. The third kappa shape index (κ3) is 6.51. The second kappa shape index (κ2) is 13.1.